The van der Waals surface area contributed by atoms with Gasteiger partial charge < -0.3 is 4.90 Å². The summed E-state index contributed by atoms with van der Waals surface area (Å²) in [6.07, 6.45) is 1.70. The third-order valence-electron chi connectivity index (χ3n) is 3.75. The molecule has 0 radical (unpaired) electrons. The fourth-order valence-corrected chi connectivity index (χ4v) is 2.79. The van der Waals surface area contributed by atoms with Crippen molar-refractivity contribution in [3.63, 3.8) is 0 Å². The van der Waals surface area contributed by atoms with E-state index in [0.717, 1.165) is 24.5 Å². The molecule has 18 heavy (non-hydrogen) atoms. The number of anilines is 1. The number of aromatic nitrogens is 1. The first-order valence-corrected chi connectivity index (χ1v) is 7.11. The molecule has 1 aromatic rings. The van der Waals surface area contributed by atoms with Crippen LogP contribution in [0.1, 0.15) is 19.4 Å². The number of piperazine rings is 1. The number of likely N-dealkylation sites (N-methyl/N-ethyl adjacent to an activating group) is 1. The SMILES string of the molecule is CC1CN(c2cc(CCl)c(Cl)cn2)CC(C)N1C. The van der Waals surface area contributed by atoms with Gasteiger partial charge in [0, 0.05) is 37.3 Å². The van der Waals surface area contributed by atoms with Crippen molar-refractivity contribution in [2.45, 2.75) is 31.8 Å². The van der Waals surface area contributed by atoms with Crippen LogP contribution in [0.25, 0.3) is 0 Å². The van der Waals surface area contributed by atoms with Gasteiger partial charge in [0.2, 0.25) is 0 Å². The van der Waals surface area contributed by atoms with Crippen molar-refractivity contribution in [3.8, 4) is 0 Å². The van der Waals surface area contributed by atoms with Crippen LogP contribution in [0.3, 0.4) is 0 Å². The van der Waals surface area contributed by atoms with E-state index in [-0.39, 0.29) is 0 Å². The topological polar surface area (TPSA) is 19.4 Å². The molecule has 0 saturated carbocycles. The zero-order valence-electron chi connectivity index (χ0n) is 11.0. The number of halogens is 2. The Bertz CT molecular complexity index is 413. The van der Waals surface area contributed by atoms with E-state index in [9.17, 15) is 0 Å². The lowest BCUT2D eigenvalue weighted by Gasteiger charge is -2.43. The maximum atomic E-state index is 6.04. The average molecular weight is 288 g/mol. The second-order valence-corrected chi connectivity index (χ2v) is 5.71. The lowest BCUT2D eigenvalue weighted by Crippen LogP contribution is -2.55. The Balaban J connectivity index is 2.21. The molecular formula is C13H19Cl2N3. The molecule has 100 valence electrons. The van der Waals surface area contributed by atoms with Crippen LogP contribution in [0.2, 0.25) is 5.02 Å². The van der Waals surface area contributed by atoms with Crippen molar-refractivity contribution in [3.05, 3.63) is 22.8 Å². The van der Waals surface area contributed by atoms with Crippen molar-refractivity contribution in [2.24, 2.45) is 0 Å². The summed E-state index contributed by atoms with van der Waals surface area (Å²) < 4.78 is 0. The predicted octanol–water partition coefficient (Wildman–Crippen LogP) is 3.00. The van der Waals surface area contributed by atoms with Gasteiger partial charge in [0.05, 0.1) is 5.02 Å². The minimum atomic E-state index is 0.424. The van der Waals surface area contributed by atoms with E-state index in [2.05, 4.69) is 35.7 Å². The Morgan fingerprint density at radius 3 is 2.50 bits per heavy atom. The summed E-state index contributed by atoms with van der Waals surface area (Å²) in [7, 11) is 2.17. The van der Waals surface area contributed by atoms with Crippen molar-refractivity contribution >= 4 is 29.0 Å². The van der Waals surface area contributed by atoms with Crippen molar-refractivity contribution < 1.29 is 0 Å². The van der Waals surface area contributed by atoms with E-state index in [1.807, 2.05) is 6.07 Å². The maximum Gasteiger partial charge on any atom is 0.129 e. The highest BCUT2D eigenvalue weighted by Crippen LogP contribution is 2.24. The average Bonchev–Trinajstić information content (AvgIpc) is 2.36. The first-order chi connectivity index (χ1) is 8.52. The molecular weight excluding hydrogens is 269 g/mol. The van der Waals surface area contributed by atoms with E-state index >= 15 is 0 Å². The van der Waals surface area contributed by atoms with Gasteiger partial charge >= 0.3 is 0 Å². The summed E-state index contributed by atoms with van der Waals surface area (Å²) in [5.74, 6) is 1.40. The minimum Gasteiger partial charge on any atom is -0.353 e. The van der Waals surface area contributed by atoms with E-state index < -0.39 is 0 Å². The maximum absolute atomic E-state index is 6.04. The van der Waals surface area contributed by atoms with Gasteiger partial charge in [0.25, 0.3) is 0 Å². The van der Waals surface area contributed by atoms with E-state index in [1.54, 1.807) is 6.20 Å². The third-order valence-corrected chi connectivity index (χ3v) is 4.38. The monoisotopic (exact) mass is 287 g/mol. The second-order valence-electron chi connectivity index (χ2n) is 5.04. The number of nitrogens with zero attached hydrogens (tertiary/aromatic N) is 3. The summed E-state index contributed by atoms with van der Waals surface area (Å²) in [5, 5.41) is 0.643. The van der Waals surface area contributed by atoms with Gasteiger partial charge in [-0.25, -0.2) is 4.98 Å². The minimum absolute atomic E-state index is 0.424. The summed E-state index contributed by atoms with van der Waals surface area (Å²) in [5.41, 5.74) is 0.947. The molecule has 2 atom stereocenters. The molecule has 5 heteroatoms. The van der Waals surface area contributed by atoms with Crippen LogP contribution in [0, 0.1) is 0 Å². The molecule has 0 spiro atoms. The molecule has 1 aliphatic rings. The van der Waals surface area contributed by atoms with Crippen LogP contribution in [0.15, 0.2) is 12.3 Å². The molecule has 2 rings (SSSR count). The predicted molar refractivity (Wildman–Crippen MR) is 77.7 cm³/mol. The largest absolute Gasteiger partial charge is 0.353 e. The highest BCUT2D eigenvalue weighted by atomic mass is 35.5. The zero-order valence-corrected chi connectivity index (χ0v) is 12.5. The van der Waals surface area contributed by atoms with Gasteiger partial charge in [0.1, 0.15) is 5.82 Å². The number of alkyl halides is 1. The lowest BCUT2D eigenvalue weighted by atomic mass is 10.1. The Morgan fingerprint density at radius 2 is 1.94 bits per heavy atom. The Labute approximate surface area is 119 Å². The van der Waals surface area contributed by atoms with E-state index in [0.29, 0.717) is 23.0 Å². The molecule has 1 aromatic heterocycles. The zero-order chi connectivity index (χ0) is 13.3. The Kier molecular flexibility index (Phi) is 4.36. The molecule has 2 unspecified atom stereocenters. The van der Waals surface area contributed by atoms with Crippen LogP contribution in [0.4, 0.5) is 5.82 Å². The first-order valence-electron chi connectivity index (χ1n) is 6.20. The highest BCUT2D eigenvalue weighted by Gasteiger charge is 2.27. The fourth-order valence-electron chi connectivity index (χ4n) is 2.33. The molecule has 3 nitrogen and oxygen atoms in total. The summed E-state index contributed by atoms with van der Waals surface area (Å²) in [6, 6.07) is 3.04. The second kappa shape index (κ2) is 5.64. The van der Waals surface area contributed by atoms with Crippen molar-refractivity contribution in [1.29, 1.82) is 0 Å². The number of hydrogen-bond donors (Lipinski definition) is 0. The number of rotatable bonds is 2. The molecule has 1 fully saturated rings. The van der Waals surface area contributed by atoms with Gasteiger partial charge in [-0.1, -0.05) is 11.6 Å². The lowest BCUT2D eigenvalue weighted by molar-refractivity contribution is 0.169. The van der Waals surface area contributed by atoms with Gasteiger partial charge in [-0.3, -0.25) is 4.90 Å². The van der Waals surface area contributed by atoms with Gasteiger partial charge in [-0.2, -0.15) is 0 Å². The molecule has 0 N–H and O–H groups in total. The summed E-state index contributed by atoms with van der Waals surface area (Å²) >= 11 is 11.9. The summed E-state index contributed by atoms with van der Waals surface area (Å²) in [6.45, 7) is 6.44. The number of hydrogen-bond acceptors (Lipinski definition) is 3. The van der Waals surface area contributed by atoms with Crippen LogP contribution in [-0.4, -0.2) is 42.1 Å². The first kappa shape index (κ1) is 13.9. The van der Waals surface area contributed by atoms with Crippen molar-refractivity contribution in [1.82, 2.24) is 9.88 Å². The van der Waals surface area contributed by atoms with Gasteiger partial charge in [-0.15, -0.1) is 11.6 Å². The van der Waals surface area contributed by atoms with Gasteiger partial charge in [0.15, 0.2) is 0 Å². The molecule has 0 aromatic carbocycles. The Morgan fingerprint density at radius 1 is 1.33 bits per heavy atom. The summed E-state index contributed by atoms with van der Waals surface area (Å²) in [4.78, 5) is 9.13. The van der Waals surface area contributed by atoms with Crippen LogP contribution < -0.4 is 4.90 Å². The normalized spacial score (nSPS) is 25.5. The molecule has 2 heterocycles. The molecule has 0 aliphatic carbocycles. The van der Waals surface area contributed by atoms with Crippen LogP contribution in [0.5, 0.6) is 0 Å². The fraction of sp³-hybridized carbons (Fsp3) is 0.615. The molecule has 0 bridgehead atoms. The van der Waals surface area contributed by atoms with Crippen LogP contribution >= 0.6 is 23.2 Å². The standard InChI is InChI=1S/C13H19Cl2N3/c1-9-7-18(8-10(2)17(9)3)13-4-11(5-14)12(15)6-16-13/h4,6,9-10H,5,7-8H2,1-3H3. The van der Waals surface area contributed by atoms with Gasteiger partial charge in [-0.05, 0) is 32.5 Å². The quantitative estimate of drug-likeness (QED) is 0.780. The molecule has 1 saturated heterocycles. The third kappa shape index (κ3) is 2.73. The van der Waals surface area contributed by atoms with Crippen LogP contribution in [-0.2, 0) is 5.88 Å². The van der Waals surface area contributed by atoms with Crippen molar-refractivity contribution in [2.75, 3.05) is 25.0 Å². The molecule has 0 amide bonds. The molecule has 1 aliphatic heterocycles. The smallest absolute Gasteiger partial charge is 0.129 e. The van der Waals surface area contributed by atoms with E-state index in [1.165, 1.54) is 0 Å². The highest BCUT2D eigenvalue weighted by molar-refractivity contribution is 6.32. The Hall–Kier alpha value is -0.510. The van der Waals surface area contributed by atoms with E-state index in [4.69, 9.17) is 23.2 Å². The number of pyridine rings is 1.